The maximum absolute atomic E-state index is 5.30. The van der Waals surface area contributed by atoms with Crippen LogP contribution in [0.4, 0.5) is 5.69 Å². The van der Waals surface area contributed by atoms with Gasteiger partial charge in [0.25, 0.3) is 0 Å². The molecule has 0 aliphatic carbocycles. The van der Waals surface area contributed by atoms with Crippen LogP contribution in [-0.4, -0.2) is 12.5 Å². The average molecular weight is 200 g/mol. The molecule has 0 amide bonds. The highest BCUT2D eigenvalue weighted by molar-refractivity contribution is 8.01. The van der Waals surface area contributed by atoms with Gasteiger partial charge in [0, 0.05) is 15.5 Å². The van der Waals surface area contributed by atoms with Gasteiger partial charge < -0.3 is 5.43 Å². The second kappa shape index (κ2) is 4.64. The first-order chi connectivity index (χ1) is 5.81. The van der Waals surface area contributed by atoms with Crippen LogP contribution in [-0.2, 0) is 0 Å². The number of rotatable bonds is 3. The molecule has 0 unspecified atom stereocenters. The van der Waals surface area contributed by atoms with Crippen molar-refractivity contribution in [1.29, 1.82) is 0 Å². The number of thioether (sulfide) groups is 2. The van der Waals surface area contributed by atoms with E-state index in [1.165, 1.54) is 9.79 Å². The van der Waals surface area contributed by atoms with Crippen molar-refractivity contribution in [3.8, 4) is 0 Å². The number of hydrazine groups is 1. The predicted molar refractivity (Wildman–Crippen MR) is 57.8 cm³/mol. The quantitative estimate of drug-likeness (QED) is 0.446. The minimum Gasteiger partial charge on any atom is -0.324 e. The summed E-state index contributed by atoms with van der Waals surface area (Å²) in [4.78, 5) is 2.56. The minimum absolute atomic E-state index is 0.956. The minimum atomic E-state index is 0.956. The zero-order valence-electron chi connectivity index (χ0n) is 7.13. The first-order valence-electron chi connectivity index (χ1n) is 3.50. The molecule has 0 saturated carbocycles. The molecule has 0 radical (unpaired) electrons. The second-order valence-corrected chi connectivity index (χ2v) is 3.91. The van der Waals surface area contributed by atoms with Crippen molar-refractivity contribution in [2.45, 2.75) is 9.79 Å². The summed E-state index contributed by atoms with van der Waals surface area (Å²) in [6.45, 7) is 0. The molecule has 0 atom stereocenters. The number of hydrogen-bond donors (Lipinski definition) is 2. The summed E-state index contributed by atoms with van der Waals surface area (Å²) in [6, 6.07) is 6.10. The summed E-state index contributed by atoms with van der Waals surface area (Å²) in [5.74, 6) is 5.30. The van der Waals surface area contributed by atoms with Gasteiger partial charge in [-0.25, -0.2) is 0 Å². The summed E-state index contributed by atoms with van der Waals surface area (Å²) in [5.41, 5.74) is 3.59. The number of nitrogen functional groups attached to an aromatic ring is 1. The van der Waals surface area contributed by atoms with Crippen LogP contribution < -0.4 is 11.3 Å². The highest BCUT2D eigenvalue weighted by Crippen LogP contribution is 2.30. The van der Waals surface area contributed by atoms with Crippen molar-refractivity contribution in [1.82, 2.24) is 0 Å². The van der Waals surface area contributed by atoms with E-state index in [0.717, 1.165) is 5.69 Å². The predicted octanol–water partition coefficient (Wildman–Crippen LogP) is 2.42. The Morgan fingerprint density at radius 3 is 2.33 bits per heavy atom. The topological polar surface area (TPSA) is 38.0 Å². The van der Waals surface area contributed by atoms with Crippen molar-refractivity contribution in [3.63, 3.8) is 0 Å². The molecule has 1 rings (SSSR count). The molecule has 0 aliphatic rings. The van der Waals surface area contributed by atoms with Gasteiger partial charge >= 0.3 is 0 Å². The maximum atomic E-state index is 5.30. The van der Waals surface area contributed by atoms with Gasteiger partial charge in [-0.05, 0) is 30.7 Å². The molecule has 0 fully saturated rings. The van der Waals surface area contributed by atoms with E-state index in [1.807, 2.05) is 6.07 Å². The monoisotopic (exact) mass is 200 g/mol. The molecule has 12 heavy (non-hydrogen) atoms. The molecular formula is C8H12N2S2. The van der Waals surface area contributed by atoms with Crippen LogP contribution in [0.25, 0.3) is 0 Å². The van der Waals surface area contributed by atoms with Crippen molar-refractivity contribution in [2.75, 3.05) is 17.9 Å². The summed E-state index contributed by atoms with van der Waals surface area (Å²) in [6.07, 6.45) is 4.14. The third-order valence-corrected chi connectivity index (χ3v) is 3.25. The lowest BCUT2D eigenvalue weighted by Crippen LogP contribution is -2.06. The van der Waals surface area contributed by atoms with E-state index in [1.54, 1.807) is 23.5 Å². The third-order valence-electron chi connectivity index (χ3n) is 1.55. The lowest BCUT2D eigenvalue weighted by Gasteiger charge is -2.06. The smallest absolute Gasteiger partial charge is 0.0497 e. The van der Waals surface area contributed by atoms with Gasteiger partial charge in [0.1, 0.15) is 0 Å². The van der Waals surface area contributed by atoms with E-state index in [4.69, 9.17) is 5.84 Å². The van der Waals surface area contributed by atoms with Gasteiger partial charge in [0.2, 0.25) is 0 Å². The van der Waals surface area contributed by atoms with Gasteiger partial charge in [-0.15, -0.1) is 23.5 Å². The molecule has 2 nitrogen and oxygen atoms in total. The Morgan fingerprint density at radius 2 is 1.83 bits per heavy atom. The molecule has 1 aromatic carbocycles. The first-order valence-corrected chi connectivity index (χ1v) is 5.95. The zero-order chi connectivity index (χ0) is 8.97. The van der Waals surface area contributed by atoms with Crippen LogP contribution >= 0.6 is 23.5 Å². The second-order valence-electron chi connectivity index (χ2n) is 2.21. The maximum Gasteiger partial charge on any atom is 0.0497 e. The van der Waals surface area contributed by atoms with E-state index in [9.17, 15) is 0 Å². The fourth-order valence-corrected chi connectivity index (χ4v) is 2.40. The SMILES string of the molecule is CSc1ccc(NN)cc1SC. The molecule has 4 heteroatoms. The van der Waals surface area contributed by atoms with Crippen LogP contribution in [0, 0.1) is 0 Å². The molecule has 66 valence electrons. The standard InChI is InChI=1S/C8H12N2S2/c1-11-7-4-3-6(10-9)5-8(7)12-2/h3-5,10H,9H2,1-2H3. The Balaban J connectivity index is 3.02. The number of nitrogens with two attached hydrogens (primary N) is 1. The molecule has 0 heterocycles. The van der Waals surface area contributed by atoms with E-state index >= 15 is 0 Å². The number of benzene rings is 1. The van der Waals surface area contributed by atoms with Crippen molar-refractivity contribution >= 4 is 29.2 Å². The van der Waals surface area contributed by atoms with Crippen molar-refractivity contribution < 1.29 is 0 Å². The molecule has 0 bridgehead atoms. The molecule has 0 aliphatic heterocycles. The lowest BCUT2D eigenvalue weighted by atomic mass is 10.3. The summed E-state index contributed by atoms with van der Waals surface area (Å²) in [7, 11) is 0. The Kier molecular flexibility index (Phi) is 3.78. The van der Waals surface area contributed by atoms with Crippen LogP contribution in [0.1, 0.15) is 0 Å². The number of nitrogens with one attached hydrogen (secondary N) is 1. The van der Waals surface area contributed by atoms with Crippen LogP contribution in [0.5, 0.6) is 0 Å². The first kappa shape index (κ1) is 9.77. The van der Waals surface area contributed by atoms with Crippen LogP contribution in [0.3, 0.4) is 0 Å². The highest BCUT2D eigenvalue weighted by Gasteiger charge is 2.00. The molecule has 0 spiro atoms. The van der Waals surface area contributed by atoms with Gasteiger partial charge in [0.05, 0.1) is 0 Å². The van der Waals surface area contributed by atoms with E-state index in [2.05, 4.69) is 30.1 Å². The van der Waals surface area contributed by atoms with Crippen molar-refractivity contribution in [3.05, 3.63) is 18.2 Å². The van der Waals surface area contributed by atoms with Gasteiger partial charge in [-0.1, -0.05) is 0 Å². The fourth-order valence-electron chi connectivity index (χ4n) is 0.926. The largest absolute Gasteiger partial charge is 0.324 e. The van der Waals surface area contributed by atoms with E-state index in [-0.39, 0.29) is 0 Å². The van der Waals surface area contributed by atoms with Crippen LogP contribution in [0.15, 0.2) is 28.0 Å². The van der Waals surface area contributed by atoms with E-state index in [0.29, 0.717) is 0 Å². The van der Waals surface area contributed by atoms with Gasteiger partial charge in [-0.3, -0.25) is 5.84 Å². The van der Waals surface area contributed by atoms with Gasteiger partial charge in [-0.2, -0.15) is 0 Å². The number of hydrogen-bond acceptors (Lipinski definition) is 4. The normalized spacial score (nSPS) is 9.92. The molecule has 1 aromatic rings. The molecule has 3 N–H and O–H groups in total. The zero-order valence-corrected chi connectivity index (χ0v) is 8.76. The van der Waals surface area contributed by atoms with E-state index < -0.39 is 0 Å². The average Bonchev–Trinajstić information content (AvgIpc) is 2.16. The Morgan fingerprint density at radius 1 is 1.17 bits per heavy atom. The Labute approximate surface area is 81.3 Å². The van der Waals surface area contributed by atoms with Crippen molar-refractivity contribution in [2.24, 2.45) is 5.84 Å². The lowest BCUT2D eigenvalue weighted by molar-refractivity contribution is 1.23. The summed E-state index contributed by atoms with van der Waals surface area (Å²) >= 11 is 3.48. The Hall–Kier alpha value is -0.320. The van der Waals surface area contributed by atoms with Crippen LogP contribution in [0.2, 0.25) is 0 Å². The van der Waals surface area contributed by atoms with Gasteiger partial charge in [0.15, 0.2) is 0 Å². The molecule has 0 saturated heterocycles. The molecular weight excluding hydrogens is 188 g/mol. The highest BCUT2D eigenvalue weighted by atomic mass is 32.2. The third kappa shape index (κ3) is 2.09. The fraction of sp³-hybridized carbons (Fsp3) is 0.250. The Bertz CT molecular complexity index is 263. The molecule has 0 aromatic heterocycles. The number of anilines is 1. The summed E-state index contributed by atoms with van der Waals surface area (Å²) < 4.78 is 0. The summed E-state index contributed by atoms with van der Waals surface area (Å²) in [5, 5.41) is 0.